The average Bonchev–Trinajstić information content (AvgIpc) is 3.52. The summed E-state index contributed by atoms with van der Waals surface area (Å²) in [6.45, 7) is 15.9. The van der Waals surface area contributed by atoms with Crippen LogP contribution >= 0.6 is 0 Å². The van der Waals surface area contributed by atoms with E-state index < -0.39 is 124 Å². The van der Waals surface area contributed by atoms with Crippen LogP contribution in [-0.4, -0.2) is 124 Å². The van der Waals surface area contributed by atoms with Crippen molar-refractivity contribution in [3.8, 4) is 0 Å². The van der Waals surface area contributed by atoms with Gasteiger partial charge in [-0.3, -0.25) is 14.4 Å². The standard InChI is InChI=1S/C44H55NO17/c1-20(2)17-25(45-38(53)61-40(6,7)8)29(49)37(52)57-30-21(3)28-31(56-22(4)46)33(50)42(11)26(48)18-27-43(19-55-27,60-23(5)47)32(42)35(58-36(51)24-15-13-12-14-16-24)44(41(28,9)10)34(30)59-39(54)62-44/h12-17,25-27,29-32,34-35,48-49H,18-19H2,1-11H3,(H,45,53)/t25-,26-,27+,29+,30+,31+,32?,34-,35?,42+,43-,44+/m0/s1. The molecule has 18 heteroatoms. The first-order chi connectivity index (χ1) is 28.7. The highest BCUT2D eigenvalue weighted by Crippen LogP contribution is 2.67. The van der Waals surface area contributed by atoms with Crippen LogP contribution in [0.25, 0.3) is 0 Å². The van der Waals surface area contributed by atoms with Crippen LogP contribution in [0.15, 0.2) is 53.1 Å². The van der Waals surface area contributed by atoms with Crippen LogP contribution in [0.5, 0.6) is 0 Å². The third-order valence-electron chi connectivity index (χ3n) is 12.7. The van der Waals surface area contributed by atoms with Crippen molar-refractivity contribution >= 4 is 41.9 Å². The third-order valence-corrected chi connectivity index (χ3v) is 12.7. The molecule has 2 aliphatic heterocycles. The number of aliphatic hydroxyl groups is 2. The fourth-order valence-corrected chi connectivity index (χ4v) is 10.1. The number of fused-ring (bicyclic) bond motifs is 4. The molecule has 2 saturated heterocycles. The molecule has 338 valence electrons. The second-order valence-electron chi connectivity index (χ2n) is 18.5. The number of alkyl carbamates (subject to hydrolysis) is 1. The highest BCUT2D eigenvalue weighted by Gasteiger charge is 2.83. The highest BCUT2D eigenvalue weighted by molar-refractivity contribution is 5.96. The second kappa shape index (κ2) is 16.1. The number of aliphatic hydroxyl groups excluding tert-OH is 2. The van der Waals surface area contributed by atoms with E-state index >= 15 is 4.79 Å². The maximum Gasteiger partial charge on any atom is 0.509 e. The molecule has 1 spiro atoms. The number of hydrogen-bond acceptors (Lipinski definition) is 17. The summed E-state index contributed by atoms with van der Waals surface area (Å²) < 4.78 is 48.0. The second-order valence-corrected chi connectivity index (χ2v) is 18.5. The van der Waals surface area contributed by atoms with E-state index in [1.807, 2.05) is 0 Å². The maximum absolute atomic E-state index is 15.6. The summed E-state index contributed by atoms with van der Waals surface area (Å²) in [5.74, 6) is -6.64. The van der Waals surface area contributed by atoms with Crippen molar-refractivity contribution < 1.29 is 81.7 Å². The number of nitrogens with one attached hydrogen (secondary N) is 1. The van der Waals surface area contributed by atoms with Gasteiger partial charge in [0.25, 0.3) is 0 Å². The van der Waals surface area contributed by atoms with Crippen LogP contribution in [0.3, 0.4) is 0 Å². The minimum Gasteiger partial charge on any atom is -0.454 e. The summed E-state index contributed by atoms with van der Waals surface area (Å²) in [5.41, 5.74) is -8.49. The number of carbonyl (C=O) groups excluding carboxylic acids is 7. The van der Waals surface area contributed by atoms with Gasteiger partial charge in [0.2, 0.25) is 5.60 Å². The number of Topliss-reactive ketones (excluding diaryl/α,β-unsaturated/α-hetero) is 1. The lowest BCUT2D eigenvalue weighted by molar-refractivity contribution is -0.345. The van der Waals surface area contributed by atoms with E-state index in [1.54, 1.807) is 52.8 Å². The first-order valence-electron chi connectivity index (χ1n) is 20.3. The smallest absolute Gasteiger partial charge is 0.454 e. The Hall–Kier alpha value is -5.33. The molecule has 0 aromatic heterocycles. The predicted octanol–water partition coefficient (Wildman–Crippen LogP) is 3.58. The Balaban J connectivity index is 1.62. The minimum absolute atomic E-state index is 0.0207. The Morgan fingerprint density at radius 1 is 0.952 bits per heavy atom. The molecule has 0 radical (unpaired) electrons. The van der Waals surface area contributed by atoms with Crippen molar-refractivity contribution in [1.82, 2.24) is 5.32 Å². The zero-order valence-corrected chi connectivity index (χ0v) is 36.6. The fourth-order valence-electron chi connectivity index (χ4n) is 10.1. The molecular weight excluding hydrogens is 814 g/mol. The lowest BCUT2D eigenvalue weighted by Gasteiger charge is -2.67. The van der Waals surface area contributed by atoms with Crippen molar-refractivity contribution in [3.63, 3.8) is 0 Å². The number of esters is 4. The molecule has 2 saturated carbocycles. The Kier molecular flexibility index (Phi) is 12.0. The molecule has 5 aliphatic rings. The Morgan fingerprint density at radius 3 is 2.15 bits per heavy atom. The maximum atomic E-state index is 15.6. The number of ether oxygens (including phenoxy) is 8. The van der Waals surface area contributed by atoms with Crippen LogP contribution in [0, 0.1) is 16.7 Å². The number of benzene rings is 1. The van der Waals surface area contributed by atoms with E-state index in [9.17, 15) is 39.0 Å². The monoisotopic (exact) mass is 869 g/mol. The van der Waals surface area contributed by atoms with Gasteiger partial charge < -0.3 is 53.4 Å². The molecule has 12 atom stereocenters. The quantitative estimate of drug-likeness (QED) is 0.182. The van der Waals surface area contributed by atoms with Crippen molar-refractivity contribution in [3.05, 3.63) is 58.7 Å². The molecule has 1 aromatic carbocycles. The van der Waals surface area contributed by atoms with Crippen molar-refractivity contribution in [2.45, 2.75) is 148 Å². The van der Waals surface area contributed by atoms with Gasteiger partial charge in [-0.2, -0.15) is 0 Å². The molecule has 1 aromatic rings. The van der Waals surface area contributed by atoms with E-state index in [0.29, 0.717) is 5.57 Å². The lowest BCUT2D eigenvalue weighted by atomic mass is 9.44. The zero-order valence-electron chi connectivity index (χ0n) is 36.6. The van der Waals surface area contributed by atoms with Crippen molar-refractivity contribution in [1.29, 1.82) is 0 Å². The predicted molar refractivity (Wildman–Crippen MR) is 212 cm³/mol. The van der Waals surface area contributed by atoms with Gasteiger partial charge in [0.15, 0.2) is 41.9 Å². The van der Waals surface area contributed by atoms with E-state index in [-0.39, 0.29) is 29.7 Å². The Bertz CT molecular complexity index is 2100. The molecule has 3 N–H and O–H groups in total. The average molecular weight is 870 g/mol. The van der Waals surface area contributed by atoms with Crippen molar-refractivity contribution in [2.24, 2.45) is 16.7 Å². The molecule has 3 aliphatic carbocycles. The number of amides is 1. The third kappa shape index (κ3) is 7.52. The van der Waals surface area contributed by atoms with Gasteiger partial charge in [-0.05, 0) is 71.7 Å². The van der Waals surface area contributed by atoms with Crippen LogP contribution in [0.2, 0.25) is 0 Å². The first kappa shape index (κ1) is 46.2. The molecule has 2 heterocycles. The SMILES string of the molecule is CC(=O)O[C@H]1C(=O)[C@@]2(C)C(C(OC(=O)c3ccccc3)[C@]34OC(=O)O[C@H]3[C@H](OC(=O)[C@H](O)[C@H](C=C(C)C)NC(=O)OC(C)(C)C)C(C)=C1C4(C)C)[C@]1(OC(C)=O)CO[C@@H]1C[C@@H]2O. The summed E-state index contributed by atoms with van der Waals surface area (Å²) in [5, 5.41) is 26.2. The topological polar surface area (TPSA) is 246 Å². The molecule has 2 bridgehead atoms. The Labute approximate surface area is 358 Å². The molecular formula is C44H55NO17. The normalized spacial score (nSPS) is 34.0. The van der Waals surface area contributed by atoms with Crippen LogP contribution in [-0.2, 0) is 57.1 Å². The largest absolute Gasteiger partial charge is 0.509 e. The minimum atomic E-state index is -2.37. The van der Waals surface area contributed by atoms with Crippen LogP contribution < -0.4 is 5.32 Å². The number of carbonyl (C=O) groups is 7. The molecule has 6 rings (SSSR count). The van der Waals surface area contributed by atoms with E-state index in [4.69, 9.17) is 37.9 Å². The number of hydrogen-bond donors (Lipinski definition) is 3. The lowest BCUT2D eigenvalue weighted by Crippen LogP contribution is -2.83. The van der Waals surface area contributed by atoms with Crippen molar-refractivity contribution in [2.75, 3.05) is 6.61 Å². The zero-order chi connectivity index (χ0) is 46.1. The van der Waals surface area contributed by atoms with Gasteiger partial charge in [-0.1, -0.05) is 43.7 Å². The molecule has 18 nitrogen and oxygen atoms in total. The molecule has 4 fully saturated rings. The van der Waals surface area contributed by atoms with Gasteiger partial charge in [0.1, 0.15) is 11.7 Å². The Morgan fingerprint density at radius 2 is 1.60 bits per heavy atom. The summed E-state index contributed by atoms with van der Waals surface area (Å²) in [6.07, 6.45) is -13.3. The van der Waals surface area contributed by atoms with Gasteiger partial charge >= 0.3 is 36.1 Å². The number of ketones is 1. The van der Waals surface area contributed by atoms with E-state index in [1.165, 1.54) is 45.9 Å². The van der Waals surface area contributed by atoms with Gasteiger partial charge in [0, 0.05) is 25.7 Å². The number of allylic oxidation sites excluding steroid dienone is 1. The molecule has 62 heavy (non-hydrogen) atoms. The van der Waals surface area contributed by atoms with Crippen LogP contribution in [0.1, 0.15) is 92.9 Å². The molecule has 2 unspecified atom stereocenters. The van der Waals surface area contributed by atoms with E-state index in [2.05, 4.69) is 5.32 Å². The van der Waals surface area contributed by atoms with Gasteiger partial charge in [-0.25, -0.2) is 19.2 Å². The van der Waals surface area contributed by atoms with Gasteiger partial charge in [0.05, 0.1) is 35.6 Å². The van der Waals surface area contributed by atoms with E-state index in [0.717, 1.165) is 13.8 Å². The van der Waals surface area contributed by atoms with Crippen LogP contribution in [0.4, 0.5) is 9.59 Å². The first-order valence-corrected chi connectivity index (χ1v) is 20.3. The molecule has 1 amide bonds. The summed E-state index contributed by atoms with van der Waals surface area (Å²) in [4.78, 5) is 97.2. The summed E-state index contributed by atoms with van der Waals surface area (Å²) >= 11 is 0. The highest BCUT2D eigenvalue weighted by atomic mass is 16.8. The number of rotatable bonds is 9. The van der Waals surface area contributed by atoms with Gasteiger partial charge in [-0.15, -0.1) is 0 Å². The summed E-state index contributed by atoms with van der Waals surface area (Å²) in [7, 11) is 0. The fraction of sp³-hybridized carbons (Fsp3) is 0.614. The summed E-state index contributed by atoms with van der Waals surface area (Å²) in [6, 6.07) is 6.28.